The van der Waals surface area contributed by atoms with E-state index < -0.39 is 21.3 Å². The van der Waals surface area contributed by atoms with Crippen LogP contribution in [0.5, 0.6) is 5.75 Å². The number of imide groups is 1. The predicted molar refractivity (Wildman–Crippen MR) is 119 cm³/mol. The molecule has 8 nitrogen and oxygen atoms in total. The van der Waals surface area contributed by atoms with Gasteiger partial charge in [0.2, 0.25) is 5.91 Å². The zero-order valence-electron chi connectivity index (χ0n) is 17.0. The van der Waals surface area contributed by atoms with Crippen LogP contribution in [0.1, 0.15) is 18.4 Å². The van der Waals surface area contributed by atoms with Gasteiger partial charge in [0.1, 0.15) is 17.2 Å². The third-order valence-electron chi connectivity index (χ3n) is 5.04. The number of hydrogen-bond acceptors (Lipinski definition) is 7. The van der Waals surface area contributed by atoms with Crippen LogP contribution in [0.4, 0.5) is 4.79 Å². The van der Waals surface area contributed by atoms with Crippen molar-refractivity contribution in [2.75, 3.05) is 19.6 Å². The molecule has 0 saturated carbocycles. The Balaban J connectivity index is 1.43. The molecule has 0 bridgehead atoms. The Morgan fingerprint density at radius 3 is 2.31 bits per heavy atom. The normalized spacial score (nSPS) is 17.9. The molecule has 2 saturated heterocycles. The van der Waals surface area contributed by atoms with E-state index in [2.05, 4.69) is 0 Å². The van der Waals surface area contributed by atoms with Gasteiger partial charge in [-0.3, -0.25) is 19.3 Å². The van der Waals surface area contributed by atoms with E-state index in [4.69, 9.17) is 4.18 Å². The molecule has 32 heavy (non-hydrogen) atoms. The van der Waals surface area contributed by atoms with E-state index in [0.717, 1.165) is 29.5 Å². The monoisotopic (exact) mass is 472 g/mol. The van der Waals surface area contributed by atoms with Gasteiger partial charge in [-0.1, -0.05) is 30.3 Å². The Morgan fingerprint density at radius 2 is 1.66 bits per heavy atom. The molecule has 2 heterocycles. The van der Waals surface area contributed by atoms with Gasteiger partial charge in [-0.25, -0.2) is 0 Å². The second-order valence-electron chi connectivity index (χ2n) is 7.28. The third-order valence-corrected chi connectivity index (χ3v) is 7.21. The van der Waals surface area contributed by atoms with Crippen molar-refractivity contribution < 1.29 is 27.0 Å². The van der Waals surface area contributed by atoms with Crippen molar-refractivity contribution in [2.45, 2.75) is 17.7 Å². The molecule has 0 atom stereocenters. The SMILES string of the molecule is O=C(CN1C(=O)S/C(=C\c2ccc(OS(=O)(=O)c3ccccc3)cc2)C1=O)N1CCCC1. The van der Waals surface area contributed by atoms with Gasteiger partial charge in [0.15, 0.2) is 0 Å². The molecule has 0 aromatic heterocycles. The molecule has 0 unspecified atom stereocenters. The van der Waals surface area contributed by atoms with Crippen molar-refractivity contribution in [3.63, 3.8) is 0 Å². The lowest BCUT2D eigenvalue weighted by atomic mass is 10.2. The van der Waals surface area contributed by atoms with Crippen molar-refractivity contribution in [3.05, 3.63) is 65.1 Å². The summed E-state index contributed by atoms with van der Waals surface area (Å²) in [5, 5.41) is -0.484. The van der Waals surface area contributed by atoms with Crippen LogP contribution in [0.3, 0.4) is 0 Å². The molecule has 3 amide bonds. The molecule has 2 fully saturated rings. The fourth-order valence-corrected chi connectivity index (χ4v) is 5.16. The number of amides is 3. The minimum Gasteiger partial charge on any atom is -0.379 e. The Bertz CT molecular complexity index is 1170. The molecule has 2 aliphatic rings. The summed E-state index contributed by atoms with van der Waals surface area (Å²) in [6, 6.07) is 13.9. The van der Waals surface area contributed by atoms with Gasteiger partial charge in [0.25, 0.3) is 11.1 Å². The van der Waals surface area contributed by atoms with Gasteiger partial charge in [-0.15, -0.1) is 0 Å². The number of carbonyl (C=O) groups is 3. The standard InChI is InChI=1S/C22H20N2O6S2/c25-20(23-12-4-5-13-23)15-24-21(26)19(31-22(24)27)14-16-8-10-17(11-9-16)30-32(28,29)18-6-2-1-3-7-18/h1-3,6-11,14H,4-5,12-13,15H2/b19-14-. The van der Waals surface area contributed by atoms with Crippen LogP contribution >= 0.6 is 11.8 Å². The van der Waals surface area contributed by atoms with Gasteiger partial charge in [-0.05, 0) is 60.5 Å². The van der Waals surface area contributed by atoms with E-state index in [0.29, 0.717) is 18.7 Å². The van der Waals surface area contributed by atoms with Crippen LogP contribution in [0.25, 0.3) is 6.08 Å². The van der Waals surface area contributed by atoms with Crippen molar-refractivity contribution >= 4 is 45.0 Å². The van der Waals surface area contributed by atoms with Crippen LogP contribution in [0.15, 0.2) is 64.4 Å². The first kappa shape index (κ1) is 22.1. The minimum atomic E-state index is -3.95. The second-order valence-corrected chi connectivity index (χ2v) is 9.81. The predicted octanol–water partition coefficient (Wildman–Crippen LogP) is 3.11. The number of benzene rings is 2. The lowest BCUT2D eigenvalue weighted by molar-refractivity contribution is -0.135. The fraction of sp³-hybridized carbons (Fsp3) is 0.227. The zero-order chi connectivity index (χ0) is 22.7. The van der Waals surface area contributed by atoms with E-state index in [1.165, 1.54) is 30.3 Å². The molecule has 2 aromatic rings. The summed E-state index contributed by atoms with van der Waals surface area (Å²) in [7, 11) is -3.95. The Labute approximate surface area is 190 Å². The van der Waals surface area contributed by atoms with E-state index in [-0.39, 0.29) is 28.0 Å². The van der Waals surface area contributed by atoms with Gasteiger partial charge >= 0.3 is 10.1 Å². The maximum absolute atomic E-state index is 12.6. The van der Waals surface area contributed by atoms with Gasteiger partial charge in [0.05, 0.1) is 4.91 Å². The zero-order valence-corrected chi connectivity index (χ0v) is 18.6. The van der Waals surface area contributed by atoms with Crippen LogP contribution in [-0.4, -0.2) is 54.9 Å². The van der Waals surface area contributed by atoms with Crippen LogP contribution in [-0.2, 0) is 19.7 Å². The van der Waals surface area contributed by atoms with E-state index >= 15 is 0 Å². The van der Waals surface area contributed by atoms with Crippen LogP contribution in [0.2, 0.25) is 0 Å². The van der Waals surface area contributed by atoms with E-state index in [1.807, 2.05) is 0 Å². The molecule has 0 N–H and O–H groups in total. The summed E-state index contributed by atoms with van der Waals surface area (Å²) < 4.78 is 29.8. The molecule has 2 aromatic carbocycles. The molecule has 0 radical (unpaired) electrons. The first-order chi connectivity index (χ1) is 15.3. The van der Waals surface area contributed by atoms with Crippen molar-refractivity contribution in [3.8, 4) is 5.75 Å². The number of hydrogen-bond donors (Lipinski definition) is 0. The molecule has 166 valence electrons. The number of likely N-dealkylation sites (tertiary alicyclic amines) is 1. The topological polar surface area (TPSA) is 101 Å². The Hall–Kier alpha value is -3.11. The number of rotatable bonds is 6. The summed E-state index contributed by atoms with van der Waals surface area (Å²) in [4.78, 5) is 40.0. The summed E-state index contributed by atoms with van der Waals surface area (Å²) in [5.74, 6) is -0.623. The smallest absolute Gasteiger partial charge is 0.339 e. The largest absolute Gasteiger partial charge is 0.379 e. The van der Waals surface area contributed by atoms with Crippen molar-refractivity contribution in [2.24, 2.45) is 0 Å². The molecule has 4 rings (SSSR count). The Kier molecular flexibility index (Phi) is 6.33. The summed E-state index contributed by atoms with van der Waals surface area (Å²) >= 11 is 0.773. The summed E-state index contributed by atoms with van der Waals surface area (Å²) in [6.45, 7) is 1.05. The Morgan fingerprint density at radius 1 is 1.00 bits per heavy atom. The molecular formula is C22H20N2O6S2. The molecular weight excluding hydrogens is 452 g/mol. The van der Waals surface area contributed by atoms with Crippen LogP contribution < -0.4 is 4.18 Å². The highest BCUT2D eigenvalue weighted by Crippen LogP contribution is 2.32. The summed E-state index contributed by atoms with van der Waals surface area (Å²) in [6.07, 6.45) is 3.39. The summed E-state index contributed by atoms with van der Waals surface area (Å²) in [5.41, 5.74) is 0.589. The van der Waals surface area contributed by atoms with Crippen molar-refractivity contribution in [1.82, 2.24) is 9.80 Å². The van der Waals surface area contributed by atoms with Crippen molar-refractivity contribution in [1.29, 1.82) is 0 Å². The maximum atomic E-state index is 12.6. The molecule has 10 heteroatoms. The quantitative estimate of drug-likeness (QED) is 0.470. The lowest BCUT2D eigenvalue weighted by Crippen LogP contribution is -2.40. The highest BCUT2D eigenvalue weighted by atomic mass is 32.2. The molecule has 0 spiro atoms. The maximum Gasteiger partial charge on any atom is 0.339 e. The van der Waals surface area contributed by atoms with Gasteiger partial charge in [-0.2, -0.15) is 8.42 Å². The molecule has 2 aliphatic heterocycles. The molecule has 0 aliphatic carbocycles. The average molecular weight is 473 g/mol. The third kappa shape index (κ3) is 4.86. The highest BCUT2D eigenvalue weighted by Gasteiger charge is 2.37. The number of thioether (sulfide) groups is 1. The lowest BCUT2D eigenvalue weighted by Gasteiger charge is -2.18. The first-order valence-electron chi connectivity index (χ1n) is 9.96. The van der Waals surface area contributed by atoms with E-state index in [9.17, 15) is 22.8 Å². The fourth-order valence-electron chi connectivity index (χ4n) is 3.37. The number of carbonyl (C=O) groups excluding carboxylic acids is 3. The minimum absolute atomic E-state index is 0.0428. The van der Waals surface area contributed by atoms with Gasteiger partial charge in [0, 0.05) is 13.1 Å². The van der Waals surface area contributed by atoms with Gasteiger partial charge < -0.3 is 9.08 Å². The average Bonchev–Trinajstić information content (AvgIpc) is 3.41. The number of nitrogens with zero attached hydrogens (tertiary/aromatic N) is 2. The first-order valence-corrected chi connectivity index (χ1v) is 12.2. The van der Waals surface area contributed by atoms with Crippen LogP contribution in [0, 0.1) is 0 Å². The van der Waals surface area contributed by atoms with E-state index in [1.54, 1.807) is 35.2 Å². The highest BCUT2D eigenvalue weighted by molar-refractivity contribution is 8.18. The second kappa shape index (κ2) is 9.17.